The minimum atomic E-state index is -0.373. The second-order valence-corrected chi connectivity index (χ2v) is 5.21. The highest BCUT2D eigenvalue weighted by Crippen LogP contribution is 2.21. The highest BCUT2D eigenvalue weighted by molar-refractivity contribution is 9.10. The summed E-state index contributed by atoms with van der Waals surface area (Å²) in [7, 11) is 0. The summed E-state index contributed by atoms with van der Waals surface area (Å²) in [6.45, 7) is 0. The number of rotatable bonds is 3. The molecule has 7 heteroatoms. The van der Waals surface area contributed by atoms with Gasteiger partial charge in [0.05, 0.1) is 5.56 Å². The molecular weight excluding hydrogens is 353 g/mol. The molecule has 3 rings (SSSR count). The van der Waals surface area contributed by atoms with Gasteiger partial charge in [-0.1, -0.05) is 17.2 Å². The molecule has 1 N–H and O–H groups in total. The van der Waals surface area contributed by atoms with E-state index >= 15 is 0 Å². The zero-order chi connectivity index (χ0) is 15.5. The van der Waals surface area contributed by atoms with Gasteiger partial charge >= 0.3 is 6.01 Å². The number of aromatic nitrogens is 2. The maximum atomic E-state index is 12.9. The Bertz CT molecular complexity index is 818. The standard InChI is InChI=1S/C15H9BrFN3O2/c16-12-4-2-1-3-11(12)13(21)18-15-20-19-14(22-15)9-5-7-10(17)8-6-9/h1-8H,(H,18,20,21). The van der Waals surface area contributed by atoms with Crippen molar-refractivity contribution in [3.05, 3.63) is 64.4 Å². The van der Waals surface area contributed by atoms with E-state index in [2.05, 4.69) is 31.4 Å². The van der Waals surface area contributed by atoms with Crippen LogP contribution in [0.5, 0.6) is 0 Å². The lowest BCUT2D eigenvalue weighted by molar-refractivity contribution is 0.102. The Kier molecular flexibility index (Phi) is 3.97. The molecule has 0 spiro atoms. The second-order valence-electron chi connectivity index (χ2n) is 4.35. The average Bonchev–Trinajstić information content (AvgIpc) is 2.97. The highest BCUT2D eigenvalue weighted by atomic mass is 79.9. The predicted molar refractivity (Wildman–Crippen MR) is 81.8 cm³/mol. The fraction of sp³-hybridized carbons (Fsp3) is 0. The second kappa shape index (κ2) is 6.07. The predicted octanol–water partition coefficient (Wildman–Crippen LogP) is 3.89. The van der Waals surface area contributed by atoms with Crippen LogP contribution in [-0.4, -0.2) is 16.1 Å². The number of nitrogens with zero attached hydrogens (tertiary/aromatic N) is 2. The third kappa shape index (κ3) is 3.04. The maximum absolute atomic E-state index is 12.9. The van der Waals surface area contributed by atoms with Crippen LogP contribution >= 0.6 is 15.9 Å². The molecule has 5 nitrogen and oxygen atoms in total. The normalized spacial score (nSPS) is 10.5. The molecule has 0 radical (unpaired) electrons. The lowest BCUT2D eigenvalue weighted by Gasteiger charge is -2.02. The molecule has 0 aliphatic rings. The Hall–Kier alpha value is -2.54. The van der Waals surface area contributed by atoms with Crippen molar-refractivity contribution < 1.29 is 13.6 Å². The van der Waals surface area contributed by atoms with Crippen LogP contribution in [0.4, 0.5) is 10.4 Å². The van der Waals surface area contributed by atoms with E-state index in [9.17, 15) is 9.18 Å². The zero-order valence-electron chi connectivity index (χ0n) is 11.1. The third-order valence-corrected chi connectivity index (χ3v) is 3.55. The monoisotopic (exact) mass is 361 g/mol. The van der Waals surface area contributed by atoms with E-state index in [1.807, 2.05) is 0 Å². The summed E-state index contributed by atoms with van der Waals surface area (Å²) in [5, 5.41) is 10.1. The van der Waals surface area contributed by atoms with Gasteiger partial charge in [-0.3, -0.25) is 10.1 Å². The van der Waals surface area contributed by atoms with Crippen LogP contribution in [0, 0.1) is 5.82 Å². The number of amides is 1. The number of hydrogen-bond donors (Lipinski definition) is 1. The van der Waals surface area contributed by atoms with Gasteiger partial charge in [-0.15, -0.1) is 5.10 Å². The molecule has 22 heavy (non-hydrogen) atoms. The van der Waals surface area contributed by atoms with Crippen molar-refractivity contribution in [2.24, 2.45) is 0 Å². The highest BCUT2D eigenvalue weighted by Gasteiger charge is 2.14. The minimum absolute atomic E-state index is 0.0277. The fourth-order valence-electron chi connectivity index (χ4n) is 1.79. The van der Waals surface area contributed by atoms with Crippen LogP contribution in [0.3, 0.4) is 0 Å². The first-order valence-corrected chi connectivity index (χ1v) is 7.08. The van der Waals surface area contributed by atoms with Crippen molar-refractivity contribution in [1.82, 2.24) is 10.2 Å². The number of nitrogens with one attached hydrogen (secondary N) is 1. The van der Waals surface area contributed by atoms with E-state index in [-0.39, 0.29) is 23.6 Å². The summed E-state index contributed by atoms with van der Waals surface area (Å²) < 4.78 is 18.9. The van der Waals surface area contributed by atoms with Crippen molar-refractivity contribution >= 4 is 27.9 Å². The van der Waals surface area contributed by atoms with E-state index in [1.165, 1.54) is 24.3 Å². The Labute approximate surface area is 133 Å². The summed E-state index contributed by atoms with van der Waals surface area (Å²) in [5.41, 5.74) is 1.01. The smallest absolute Gasteiger partial charge is 0.322 e. The van der Waals surface area contributed by atoms with E-state index in [0.717, 1.165) is 0 Å². The van der Waals surface area contributed by atoms with Gasteiger partial charge in [0, 0.05) is 10.0 Å². The molecule has 1 amide bonds. The molecule has 0 bridgehead atoms. The van der Waals surface area contributed by atoms with Crippen LogP contribution in [-0.2, 0) is 0 Å². The molecule has 0 aliphatic carbocycles. The first-order valence-electron chi connectivity index (χ1n) is 6.29. The summed E-state index contributed by atoms with van der Waals surface area (Å²) in [5.74, 6) is -0.532. The third-order valence-electron chi connectivity index (χ3n) is 2.86. The molecule has 2 aromatic carbocycles. The number of carbonyl (C=O) groups is 1. The summed E-state index contributed by atoms with van der Waals surface area (Å²) >= 11 is 3.30. The van der Waals surface area contributed by atoms with Crippen molar-refractivity contribution in [2.45, 2.75) is 0 Å². The molecule has 0 saturated carbocycles. The Morgan fingerprint density at radius 1 is 1.09 bits per heavy atom. The topological polar surface area (TPSA) is 68.0 Å². The average molecular weight is 362 g/mol. The number of anilines is 1. The summed E-state index contributed by atoms with van der Waals surface area (Å²) in [4.78, 5) is 12.1. The summed E-state index contributed by atoms with van der Waals surface area (Å²) in [6.07, 6.45) is 0. The molecular formula is C15H9BrFN3O2. The van der Waals surface area contributed by atoms with Gasteiger partial charge in [0.25, 0.3) is 5.91 Å². The van der Waals surface area contributed by atoms with E-state index < -0.39 is 0 Å². The lowest BCUT2D eigenvalue weighted by atomic mass is 10.2. The van der Waals surface area contributed by atoms with Crippen LogP contribution in [0.15, 0.2) is 57.4 Å². The molecule has 110 valence electrons. The molecule has 0 fully saturated rings. The number of halogens is 2. The first kappa shape index (κ1) is 14.4. The quantitative estimate of drug-likeness (QED) is 0.768. The van der Waals surface area contributed by atoms with Gasteiger partial charge in [-0.2, -0.15) is 0 Å². The van der Waals surface area contributed by atoms with Gasteiger partial charge in [-0.05, 0) is 52.3 Å². The molecule has 1 heterocycles. The van der Waals surface area contributed by atoms with Crippen LogP contribution < -0.4 is 5.32 Å². The van der Waals surface area contributed by atoms with Crippen molar-refractivity contribution in [3.63, 3.8) is 0 Å². The van der Waals surface area contributed by atoms with Gasteiger partial charge in [0.1, 0.15) is 5.82 Å². The van der Waals surface area contributed by atoms with Crippen LogP contribution in [0.1, 0.15) is 10.4 Å². The fourth-order valence-corrected chi connectivity index (χ4v) is 2.26. The maximum Gasteiger partial charge on any atom is 0.322 e. The van der Waals surface area contributed by atoms with E-state index in [1.54, 1.807) is 24.3 Å². The van der Waals surface area contributed by atoms with Gasteiger partial charge in [0.2, 0.25) is 5.89 Å². The molecule has 0 saturated heterocycles. The SMILES string of the molecule is O=C(Nc1nnc(-c2ccc(F)cc2)o1)c1ccccc1Br. The molecule has 0 atom stereocenters. The van der Waals surface area contributed by atoms with Crippen molar-refractivity contribution in [1.29, 1.82) is 0 Å². The van der Waals surface area contributed by atoms with E-state index in [4.69, 9.17) is 4.42 Å². The number of carbonyl (C=O) groups excluding carboxylic acids is 1. The Morgan fingerprint density at radius 3 is 2.55 bits per heavy atom. The van der Waals surface area contributed by atoms with Gasteiger partial charge in [0.15, 0.2) is 0 Å². The molecule has 3 aromatic rings. The summed E-state index contributed by atoms with van der Waals surface area (Å²) in [6, 6.07) is 12.6. The van der Waals surface area contributed by atoms with Crippen molar-refractivity contribution in [2.75, 3.05) is 5.32 Å². The molecule has 0 aliphatic heterocycles. The van der Waals surface area contributed by atoms with Gasteiger partial charge < -0.3 is 4.42 Å². The zero-order valence-corrected chi connectivity index (χ0v) is 12.7. The van der Waals surface area contributed by atoms with Crippen LogP contribution in [0.2, 0.25) is 0 Å². The van der Waals surface area contributed by atoms with E-state index in [0.29, 0.717) is 15.6 Å². The molecule has 1 aromatic heterocycles. The van der Waals surface area contributed by atoms with Crippen LogP contribution in [0.25, 0.3) is 11.5 Å². The first-order chi connectivity index (χ1) is 10.6. The minimum Gasteiger partial charge on any atom is -0.403 e. The largest absolute Gasteiger partial charge is 0.403 e. The Morgan fingerprint density at radius 2 is 1.82 bits per heavy atom. The molecule has 0 unspecified atom stereocenters. The lowest BCUT2D eigenvalue weighted by Crippen LogP contribution is -2.12. The Balaban J connectivity index is 1.78. The van der Waals surface area contributed by atoms with Crippen molar-refractivity contribution in [3.8, 4) is 11.5 Å². The number of hydrogen-bond acceptors (Lipinski definition) is 4. The number of benzene rings is 2. The van der Waals surface area contributed by atoms with Gasteiger partial charge in [-0.25, -0.2) is 4.39 Å².